The highest BCUT2D eigenvalue weighted by Crippen LogP contribution is 2.29. The van der Waals surface area contributed by atoms with E-state index in [1.807, 2.05) is 11.8 Å². The molecule has 0 aromatic carbocycles. The van der Waals surface area contributed by atoms with E-state index in [2.05, 4.69) is 33.8 Å². The molecule has 8 heteroatoms. The molecule has 0 saturated carbocycles. The van der Waals surface area contributed by atoms with Crippen LogP contribution < -0.4 is 10.0 Å². The molecule has 0 radical (unpaired) electrons. The fourth-order valence-electron chi connectivity index (χ4n) is 2.08. The lowest BCUT2D eigenvalue weighted by molar-refractivity contribution is 0.375. The van der Waals surface area contributed by atoms with Crippen molar-refractivity contribution < 1.29 is 8.42 Å². The number of nitrogens with zero attached hydrogens (tertiary/aromatic N) is 2. The summed E-state index contributed by atoms with van der Waals surface area (Å²) in [4.78, 5) is 6.57. The van der Waals surface area contributed by atoms with Crippen molar-refractivity contribution in [2.24, 2.45) is 4.99 Å². The second kappa shape index (κ2) is 7.51. The molecule has 1 aliphatic heterocycles. The van der Waals surface area contributed by atoms with Gasteiger partial charge in [0.2, 0.25) is 10.0 Å². The van der Waals surface area contributed by atoms with Gasteiger partial charge in [-0.1, -0.05) is 0 Å². The van der Waals surface area contributed by atoms with E-state index in [4.69, 9.17) is 0 Å². The quantitative estimate of drug-likeness (QED) is 0.433. The van der Waals surface area contributed by atoms with Gasteiger partial charge < -0.3 is 10.2 Å². The van der Waals surface area contributed by atoms with Crippen LogP contribution >= 0.6 is 11.8 Å². The number of nitrogens with one attached hydrogen (secondary N) is 2. The van der Waals surface area contributed by atoms with E-state index in [0.717, 1.165) is 31.2 Å². The lowest BCUT2D eigenvalue weighted by atomic mass is 10.2. The van der Waals surface area contributed by atoms with Crippen LogP contribution in [-0.4, -0.2) is 69.3 Å². The van der Waals surface area contributed by atoms with Crippen LogP contribution in [0.3, 0.4) is 0 Å². The van der Waals surface area contributed by atoms with Crippen molar-refractivity contribution in [2.45, 2.75) is 25.0 Å². The summed E-state index contributed by atoms with van der Waals surface area (Å²) in [6.45, 7) is 7.61. The molecule has 0 atom stereocenters. The largest absolute Gasteiger partial charge is 0.356 e. The van der Waals surface area contributed by atoms with Crippen LogP contribution in [0.2, 0.25) is 0 Å². The van der Waals surface area contributed by atoms with E-state index < -0.39 is 10.0 Å². The highest BCUT2D eigenvalue weighted by Gasteiger charge is 2.28. The van der Waals surface area contributed by atoms with Crippen LogP contribution in [0.15, 0.2) is 4.99 Å². The molecule has 20 heavy (non-hydrogen) atoms. The number of aliphatic imine (C=N–C) groups is 1. The van der Waals surface area contributed by atoms with Crippen LogP contribution in [0.4, 0.5) is 0 Å². The first-order valence-electron chi connectivity index (χ1n) is 6.78. The highest BCUT2D eigenvalue weighted by atomic mass is 32.2. The number of rotatable bonds is 5. The molecular formula is C12H26N4O2S2. The zero-order valence-corrected chi connectivity index (χ0v) is 14.4. The average molecular weight is 323 g/mol. The van der Waals surface area contributed by atoms with E-state index in [0.29, 0.717) is 13.1 Å². The Labute approximate surface area is 126 Å². The molecule has 0 aromatic rings. The fourth-order valence-corrected chi connectivity index (χ4v) is 3.70. The third-order valence-corrected chi connectivity index (χ3v) is 4.96. The summed E-state index contributed by atoms with van der Waals surface area (Å²) in [7, 11) is -1.30. The summed E-state index contributed by atoms with van der Waals surface area (Å²) in [6.07, 6.45) is 1.91. The van der Waals surface area contributed by atoms with Crippen molar-refractivity contribution in [3.8, 4) is 0 Å². The first-order valence-corrected chi connectivity index (χ1v) is 9.65. The Kier molecular flexibility index (Phi) is 6.60. The second-order valence-electron chi connectivity index (χ2n) is 5.52. The van der Waals surface area contributed by atoms with Crippen molar-refractivity contribution >= 4 is 27.7 Å². The molecule has 1 saturated heterocycles. The summed E-state index contributed by atoms with van der Waals surface area (Å²) in [5.41, 5.74) is 0. The van der Waals surface area contributed by atoms with Crippen LogP contribution in [0, 0.1) is 0 Å². The average Bonchev–Trinajstić information content (AvgIpc) is 2.31. The summed E-state index contributed by atoms with van der Waals surface area (Å²) >= 11 is 1.99. The van der Waals surface area contributed by atoms with Crippen molar-refractivity contribution in [3.63, 3.8) is 0 Å². The Morgan fingerprint density at radius 1 is 1.40 bits per heavy atom. The molecule has 0 aromatic heterocycles. The van der Waals surface area contributed by atoms with E-state index in [-0.39, 0.29) is 4.75 Å². The van der Waals surface area contributed by atoms with E-state index in [1.165, 1.54) is 6.26 Å². The van der Waals surface area contributed by atoms with Crippen LogP contribution in [0.5, 0.6) is 0 Å². The van der Waals surface area contributed by atoms with Gasteiger partial charge in [0.25, 0.3) is 0 Å². The molecule has 1 fully saturated rings. The molecule has 6 nitrogen and oxygen atoms in total. The maximum atomic E-state index is 10.9. The Balaban J connectivity index is 2.33. The maximum Gasteiger partial charge on any atom is 0.208 e. The third kappa shape index (κ3) is 6.81. The molecule has 0 aliphatic carbocycles. The van der Waals surface area contributed by atoms with Crippen molar-refractivity contribution in [1.82, 2.24) is 14.9 Å². The molecular weight excluding hydrogens is 296 g/mol. The predicted molar refractivity (Wildman–Crippen MR) is 86.9 cm³/mol. The van der Waals surface area contributed by atoms with Gasteiger partial charge in [0.1, 0.15) is 0 Å². The molecule has 0 spiro atoms. The minimum absolute atomic E-state index is 0.244. The molecule has 1 rings (SSSR count). The zero-order valence-electron chi connectivity index (χ0n) is 12.8. The number of hydrogen-bond donors (Lipinski definition) is 2. The van der Waals surface area contributed by atoms with Crippen molar-refractivity contribution in [2.75, 3.05) is 45.2 Å². The SMILES string of the molecule is CN=C(NCCCNS(C)(=O)=O)N1CCSC(C)(C)C1. The first kappa shape index (κ1) is 17.6. The Bertz CT molecular complexity index is 435. The molecule has 2 N–H and O–H groups in total. The topological polar surface area (TPSA) is 73.8 Å². The lowest BCUT2D eigenvalue weighted by Crippen LogP contribution is -2.51. The fraction of sp³-hybridized carbons (Fsp3) is 0.917. The highest BCUT2D eigenvalue weighted by molar-refractivity contribution is 8.00. The van der Waals surface area contributed by atoms with Crippen molar-refractivity contribution in [3.05, 3.63) is 0 Å². The Morgan fingerprint density at radius 3 is 2.65 bits per heavy atom. The van der Waals surface area contributed by atoms with Gasteiger partial charge >= 0.3 is 0 Å². The molecule has 1 heterocycles. The van der Waals surface area contributed by atoms with Gasteiger partial charge in [0.05, 0.1) is 6.26 Å². The summed E-state index contributed by atoms with van der Waals surface area (Å²) in [6, 6.07) is 0. The standard InChI is InChI=1S/C12H26N4O2S2/c1-12(2)10-16(8-9-19-12)11(13-3)14-6-5-7-15-20(4,17)18/h15H,5-10H2,1-4H3,(H,13,14). The lowest BCUT2D eigenvalue weighted by Gasteiger charge is -2.39. The van der Waals surface area contributed by atoms with Crippen molar-refractivity contribution in [1.29, 1.82) is 0 Å². The molecule has 118 valence electrons. The predicted octanol–water partition coefficient (Wildman–Crippen LogP) is 0.329. The maximum absolute atomic E-state index is 10.9. The van der Waals surface area contributed by atoms with E-state index in [1.54, 1.807) is 7.05 Å². The third-order valence-electron chi connectivity index (χ3n) is 2.94. The second-order valence-corrected chi connectivity index (χ2v) is 9.16. The van der Waals surface area contributed by atoms with Crippen LogP contribution in [0.25, 0.3) is 0 Å². The molecule has 0 unspecified atom stereocenters. The number of hydrogen-bond acceptors (Lipinski definition) is 4. The van der Waals surface area contributed by atoms with Gasteiger partial charge in [-0.2, -0.15) is 11.8 Å². The van der Waals surface area contributed by atoms with Gasteiger partial charge in [-0.3, -0.25) is 4.99 Å². The smallest absolute Gasteiger partial charge is 0.208 e. The Hall–Kier alpha value is -0.470. The summed E-state index contributed by atoms with van der Waals surface area (Å²) < 4.78 is 24.6. The number of thioether (sulfide) groups is 1. The van der Waals surface area contributed by atoms with E-state index >= 15 is 0 Å². The number of sulfonamides is 1. The number of guanidine groups is 1. The molecule has 1 aliphatic rings. The zero-order chi connectivity index (χ0) is 15.2. The van der Waals surface area contributed by atoms with Gasteiger partial charge in [-0.15, -0.1) is 0 Å². The van der Waals surface area contributed by atoms with Gasteiger partial charge in [-0.25, -0.2) is 13.1 Å². The normalized spacial score (nSPS) is 20.0. The van der Waals surface area contributed by atoms with Gasteiger partial charge in [0, 0.05) is 43.7 Å². The van der Waals surface area contributed by atoms with Gasteiger partial charge in [0.15, 0.2) is 5.96 Å². The first-order chi connectivity index (χ1) is 9.23. The van der Waals surface area contributed by atoms with Crippen LogP contribution in [0.1, 0.15) is 20.3 Å². The summed E-state index contributed by atoms with van der Waals surface area (Å²) in [5, 5.41) is 3.30. The minimum atomic E-state index is -3.09. The minimum Gasteiger partial charge on any atom is -0.356 e. The monoisotopic (exact) mass is 322 g/mol. The molecule has 0 bridgehead atoms. The van der Waals surface area contributed by atoms with E-state index in [9.17, 15) is 8.42 Å². The van der Waals surface area contributed by atoms with Crippen LogP contribution in [-0.2, 0) is 10.0 Å². The van der Waals surface area contributed by atoms with Gasteiger partial charge in [-0.05, 0) is 20.3 Å². The Morgan fingerprint density at radius 2 is 2.10 bits per heavy atom. The summed E-state index contributed by atoms with van der Waals surface area (Å²) in [5.74, 6) is 2.00. The molecule has 0 amide bonds.